The van der Waals surface area contributed by atoms with Gasteiger partial charge in [-0.15, -0.1) is 10.2 Å². The normalized spacial score (nSPS) is 12.3. The van der Waals surface area contributed by atoms with Gasteiger partial charge in [0.1, 0.15) is 0 Å². The molecule has 94 valence electrons. The van der Waals surface area contributed by atoms with Crippen LogP contribution in [0.15, 0.2) is 28.9 Å². The number of nitrogens with zero attached hydrogens (tertiary/aromatic N) is 3. The third kappa shape index (κ3) is 3.13. The maximum absolute atomic E-state index is 10.6. The maximum Gasteiger partial charge on any atom is 0.303 e. The fourth-order valence-corrected chi connectivity index (χ4v) is 1.61. The molecule has 0 amide bonds. The summed E-state index contributed by atoms with van der Waals surface area (Å²) in [6.45, 7) is 1.84. The highest BCUT2D eigenvalue weighted by Gasteiger charge is 2.14. The second-order valence-corrected chi connectivity index (χ2v) is 4.15. The minimum absolute atomic E-state index is 0.0373. The number of rotatable bonds is 5. The van der Waals surface area contributed by atoms with Crippen molar-refractivity contribution in [3.8, 4) is 11.5 Å². The van der Waals surface area contributed by atoms with E-state index < -0.39 is 5.97 Å². The smallest absolute Gasteiger partial charge is 0.303 e. The molecule has 0 saturated heterocycles. The van der Waals surface area contributed by atoms with Crippen LogP contribution in [0.2, 0.25) is 0 Å². The first-order valence-corrected chi connectivity index (χ1v) is 5.59. The Balaban J connectivity index is 2.05. The minimum atomic E-state index is -0.825. The van der Waals surface area contributed by atoms with Gasteiger partial charge in [0, 0.05) is 25.2 Å². The standard InChI is InChI=1S/C12H13N3O3/c1-8(6-11(16)17)5-10-14-15-12(18-10)9-3-2-4-13-7-9/h2-4,7-8H,5-6H2,1H3,(H,16,17). The number of aliphatic carboxylic acids is 1. The van der Waals surface area contributed by atoms with Crippen LogP contribution in [0.25, 0.3) is 11.5 Å². The highest BCUT2D eigenvalue weighted by atomic mass is 16.4. The van der Waals surface area contributed by atoms with Crippen molar-refractivity contribution in [2.45, 2.75) is 19.8 Å². The van der Waals surface area contributed by atoms with E-state index in [0.717, 1.165) is 5.56 Å². The van der Waals surface area contributed by atoms with E-state index in [1.54, 1.807) is 18.5 Å². The van der Waals surface area contributed by atoms with Crippen molar-refractivity contribution >= 4 is 5.97 Å². The number of hydrogen-bond acceptors (Lipinski definition) is 5. The van der Waals surface area contributed by atoms with Gasteiger partial charge in [0.05, 0.1) is 5.56 Å². The van der Waals surface area contributed by atoms with Crippen molar-refractivity contribution in [1.29, 1.82) is 0 Å². The number of carboxylic acids is 1. The van der Waals surface area contributed by atoms with Crippen molar-refractivity contribution in [1.82, 2.24) is 15.2 Å². The van der Waals surface area contributed by atoms with Gasteiger partial charge in [-0.1, -0.05) is 6.92 Å². The second kappa shape index (κ2) is 5.39. The Morgan fingerprint density at radius 2 is 2.33 bits per heavy atom. The molecular weight excluding hydrogens is 234 g/mol. The third-order valence-corrected chi connectivity index (χ3v) is 2.42. The molecule has 0 fully saturated rings. The van der Waals surface area contributed by atoms with Crippen molar-refractivity contribution < 1.29 is 14.3 Å². The van der Waals surface area contributed by atoms with Gasteiger partial charge in [0.15, 0.2) is 0 Å². The van der Waals surface area contributed by atoms with E-state index in [4.69, 9.17) is 9.52 Å². The zero-order valence-electron chi connectivity index (χ0n) is 9.91. The van der Waals surface area contributed by atoms with Gasteiger partial charge in [-0.05, 0) is 18.1 Å². The molecule has 0 radical (unpaired) electrons. The predicted octanol–water partition coefficient (Wildman–Crippen LogP) is 1.78. The molecule has 0 aliphatic rings. The van der Waals surface area contributed by atoms with Crippen molar-refractivity contribution in [3.63, 3.8) is 0 Å². The Morgan fingerprint density at radius 1 is 1.50 bits per heavy atom. The summed E-state index contributed by atoms with van der Waals surface area (Å²) in [5.74, 6) is -0.0116. The third-order valence-electron chi connectivity index (χ3n) is 2.42. The predicted molar refractivity (Wildman–Crippen MR) is 62.6 cm³/mol. The van der Waals surface area contributed by atoms with Gasteiger partial charge < -0.3 is 9.52 Å². The van der Waals surface area contributed by atoms with Crippen LogP contribution < -0.4 is 0 Å². The van der Waals surface area contributed by atoms with Crippen molar-refractivity contribution in [2.24, 2.45) is 5.92 Å². The van der Waals surface area contributed by atoms with Gasteiger partial charge in [-0.3, -0.25) is 9.78 Å². The lowest BCUT2D eigenvalue weighted by molar-refractivity contribution is -0.137. The van der Waals surface area contributed by atoms with E-state index in [9.17, 15) is 4.79 Å². The summed E-state index contributed by atoms with van der Waals surface area (Å²) in [5, 5.41) is 16.5. The second-order valence-electron chi connectivity index (χ2n) is 4.15. The maximum atomic E-state index is 10.6. The SMILES string of the molecule is CC(CC(=O)O)Cc1nnc(-c2cccnc2)o1. The van der Waals surface area contributed by atoms with Crippen LogP contribution in [0.1, 0.15) is 19.2 Å². The molecule has 1 N–H and O–H groups in total. The Kier molecular flexibility index (Phi) is 3.66. The van der Waals surface area contributed by atoms with Crippen LogP contribution in [0.4, 0.5) is 0 Å². The molecule has 1 unspecified atom stereocenters. The fraction of sp³-hybridized carbons (Fsp3) is 0.333. The van der Waals surface area contributed by atoms with Crippen LogP contribution in [-0.4, -0.2) is 26.3 Å². The lowest BCUT2D eigenvalue weighted by Crippen LogP contribution is -2.07. The average molecular weight is 247 g/mol. The molecule has 2 aromatic rings. The molecule has 0 aromatic carbocycles. The van der Waals surface area contributed by atoms with Gasteiger partial charge >= 0.3 is 5.97 Å². The number of aromatic nitrogens is 3. The van der Waals surface area contributed by atoms with Crippen LogP contribution >= 0.6 is 0 Å². The summed E-state index contributed by atoms with van der Waals surface area (Å²) < 4.78 is 5.47. The van der Waals surface area contributed by atoms with Crippen LogP contribution in [0, 0.1) is 5.92 Å². The molecule has 0 spiro atoms. The summed E-state index contributed by atoms with van der Waals surface area (Å²) in [7, 11) is 0. The molecule has 18 heavy (non-hydrogen) atoms. The lowest BCUT2D eigenvalue weighted by atomic mass is 10.0. The van der Waals surface area contributed by atoms with Crippen LogP contribution in [0.3, 0.4) is 0 Å². The summed E-state index contributed by atoms with van der Waals surface area (Å²) in [6, 6.07) is 3.61. The first-order valence-electron chi connectivity index (χ1n) is 5.59. The molecule has 2 rings (SSSR count). The lowest BCUT2D eigenvalue weighted by Gasteiger charge is -2.03. The number of pyridine rings is 1. The molecule has 0 bridgehead atoms. The largest absolute Gasteiger partial charge is 0.481 e. The Morgan fingerprint density at radius 3 is 3.00 bits per heavy atom. The number of hydrogen-bond donors (Lipinski definition) is 1. The van der Waals surface area contributed by atoms with Crippen molar-refractivity contribution in [3.05, 3.63) is 30.4 Å². The molecule has 2 aromatic heterocycles. The Labute approximate surface area is 104 Å². The molecule has 0 aliphatic carbocycles. The van der Waals surface area contributed by atoms with Gasteiger partial charge in [0.2, 0.25) is 11.8 Å². The molecular formula is C12H13N3O3. The highest BCUT2D eigenvalue weighted by molar-refractivity contribution is 5.66. The Bertz CT molecular complexity index is 524. The van der Waals surface area contributed by atoms with E-state index in [-0.39, 0.29) is 12.3 Å². The quantitative estimate of drug-likeness (QED) is 0.866. The van der Waals surface area contributed by atoms with E-state index >= 15 is 0 Å². The molecule has 0 saturated carbocycles. The van der Waals surface area contributed by atoms with E-state index in [1.807, 2.05) is 13.0 Å². The average Bonchev–Trinajstić information content (AvgIpc) is 2.77. The highest BCUT2D eigenvalue weighted by Crippen LogP contribution is 2.18. The summed E-state index contributed by atoms with van der Waals surface area (Å²) in [6.07, 6.45) is 3.85. The zero-order chi connectivity index (χ0) is 13.0. The molecule has 0 aliphatic heterocycles. The monoisotopic (exact) mass is 247 g/mol. The zero-order valence-corrected chi connectivity index (χ0v) is 9.91. The summed E-state index contributed by atoms with van der Waals surface area (Å²) in [5.41, 5.74) is 0.752. The first kappa shape index (κ1) is 12.2. The molecule has 6 heteroatoms. The van der Waals surface area contributed by atoms with Gasteiger partial charge in [-0.25, -0.2) is 0 Å². The van der Waals surface area contributed by atoms with Crippen LogP contribution in [0.5, 0.6) is 0 Å². The summed E-state index contributed by atoms with van der Waals surface area (Å²) >= 11 is 0. The summed E-state index contributed by atoms with van der Waals surface area (Å²) in [4.78, 5) is 14.5. The van der Waals surface area contributed by atoms with Crippen molar-refractivity contribution in [2.75, 3.05) is 0 Å². The number of carboxylic acid groups (broad SMARTS) is 1. The first-order chi connectivity index (χ1) is 8.65. The minimum Gasteiger partial charge on any atom is -0.481 e. The van der Waals surface area contributed by atoms with Gasteiger partial charge in [-0.2, -0.15) is 0 Å². The molecule has 6 nitrogen and oxygen atoms in total. The Hall–Kier alpha value is -2.24. The molecule has 1 atom stereocenters. The van der Waals surface area contributed by atoms with Crippen LogP contribution in [-0.2, 0) is 11.2 Å². The van der Waals surface area contributed by atoms with E-state index in [2.05, 4.69) is 15.2 Å². The van der Waals surface area contributed by atoms with E-state index in [1.165, 1.54) is 0 Å². The number of carbonyl (C=O) groups is 1. The molecule has 2 heterocycles. The van der Waals surface area contributed by atoms with Gasteiger partial charge in [0.25, 0.3) is 0 Å². The topological polar surface area (TPSA) is 89.1 Å². The fourth-order valence-electron chi connectivity index (χ4n) is 1.61. The van der Waals surface area contributed by atoms with E-state index in [0.29, 0.717) is 18.2 Å².